The van der Waals surface area contributed by atoms with Crippen molar-refractivity contribution in [3.05, 3.63) is 37.3 Å². The van der Waals surface area contributed by atoms with Crippen molar-refractivity contribution in [2.75, 3.05) is 13.1 Å². The Hall–Kier alpha value is -0.755. The third-order valence-corrected chi connectivity index (χ3v) is 1.70. The van der Waals surface area contributed by atoms with Crippen LogP contribution in [0.3, 0.4) is 0 Å². The fraction of sp³-hybridized carbons (Fsp3) is 0.250. The van der Waals surface area contributed by atoms with Crippen LogP contribution in [0, 0.1) is 0 Å². The fourth-order valence-corrected chi connectivity index (χ4v) is 1.17. The molecule has 0 spiro atoms. The summed E-state index contributed by atoms with van der Waals surface area (Å²) in [5.41, 5.74) is 0. The number of hydrogen-bond acceptors (Lipinski definition) is 1. The van der Waals surface area contributed by atoms with Gasteiger partial charge in [0.25, 0.3) is 6.85 Å². The lowest BCUT2D eigenvalue weighted by molar-refractivity contribution is 0.552. The van der Waals surface area contributed by atoms with E-state index < -0.39 is 0 Å². The van der Waals surface area contributed by atoms with Gasteiger partial charge < -0.3 is 4.81 Å². The van der Waals surface area contributed by atoms with Gasteiger partial charge >= 0.3 is 0 Å². The van der Waals surface area contributed by atoms with Crippen LogP contribution in [0.15, 0.2) is 37.3 Å². The minimum atomic E-state index is 0.429. The molecule has 1 rings (SSSR count). The molecule has 0 atom stereocenters. The first kappa shape index (κ1) is 7.35. The Morgan fingerprint density at radius 3 is 3.00 bits per heavy atom. The van der Waals surface area contributed by atoms with Gasteiger partial charge in [-0.3, -0.25) is 0 Å². The molecule has 0 aromatic carbocycles. The lowest BCUT2D eigenvalue weighted by Gasteiger charge is -2.16. The van der Waals surface area contributed by atoms with E-state index in [1.165, 1.54) is 0 Å². The molecule has 0 saturated carbocycles. The second-order valence-electron chi connectivity index (χ2n) is 2.40. The maximum absolute atomic E-state index is 3.75. The van der Waals surface area contributed by atoms with E-state index in [-0.39, 0.29) is 0 Å². The molecule has 10 heavy (non-hydrogen) atoms. The minimum absolute atomic E-state index is 0.429. The second-order valence-corrected chi connectivity index (χ2v) is 2.40. The summed E-state index contributed by atoms with van der Waals surface area (Å²) < 4.78 is 0. The van der Waals surface area contributed by atoms with Crippen molar-refractivity contribution in [3.8, 4) is 0 Å². The van der Waals surface area contributed by atoms with Crippen LogP contribution < -0.4 is 0 Å². The molecule has 0 radical (unpaired) electrons. The molecule has 0 unspecified atom stereocenters. The van der Waals surface area contributed by atoms with Gasteiger partial charge in [-0.2, -0.15) is 0 Å². The highest BCUT2D eigenvalue weighted by Crippen LogP contribution is 2.05. The molecule has 0 aromatic heterocycles. The van der Waals surface area contributed by atoms with Crippen molar-refractivity contribution in [2.45, 2.75) is 0 Å². The smallest absolute Gasteiger partial charge is 0.276 e. The molecule has 0 aliphatic carbocycles. The highest BCUT2D eigenvalue weighted by atomic mass is 15.1. The molecule has 0 bridgehead atoms. The van der Waals surface area contributed by atoms with E-state index in [0.717, 1.165) is 13.1 Å². The van der Waals surface area contributed by atoms with Crippen molar-refractivity contribution >= 4 is 6.85 Å². The van der Waals surface area contributed by atoms with Gasteiger partial charge in [-0.1, -0.05) is 18.1 Å². The van der Waals surface area contributed by atoms with E-state index in [2.05, 4.69) is 30.0 Å². The summed E-state index contributed by atoms with van der Waals surface area (Å²) in [7, 11) is 0. The van der Waals surface area contributed by atoms with Crippen molar-refractivity contribution < 1.29 is 0 Å². The van der Waals surface area contributed by atoms with Crippen LogP contribution in [-0.2, 0) is 0 Å². The van der Waals surface area contributed by atoms with Gasteiger partial charge in [0.1, 0.15) is 0 Å². The highest BCUT2D eigenvalue weighted by Gasteiger charge is 2.18. The topological polar surface area (TPSA) is 3.24 Å². The zero-order chi connectivity index (χ0) is 7.40. The summed E-state index contributed by atoms with van der Waals surface area (Å²) in [6, 6.07) is 0. The first-order chi connectivity index (χ1) is 4.88. The zero-order valence-electron chi connectivity index (χ0n) is 6.16. The Balaban J connectivity index is 2.46. The van der Waals surface area contributed by atoms with E-state index in [1.807, 2.05) is 12.1 Å². The van der Waals surface area contributed by atoms with Crippen LogP contribution in [0.5, 0.6) is 0 Å². The van der Waals surface area contributed by atoms with Crippen molar-refractivity contribution in [1.29, 1.82) is 0 Å². The molecule has 0 fully saturated rings. The molecule has 1 aliphatic heterocycles. The number of nitrogens with zero attached hydrogens (tertiary/aromatic N) is 1. The van der Waals surface area contributed by atoms with E-state index in [1.54, 1.807) is 0 Å². The number of rotatable bonds is 3. The molecule has 1 heterocycles. The molecule has 0 aromatic rings. The largest absolute Gasteiger partial charge is 0.328 e. The van der Waals surface area contributed by atoms with E-state index in [0.29, 0.717) is 6.85 Å². The molecule has 2 heteroatoms. The summed E-state index contributed by atoms with van der Waals surface area (Å²) in [4.78, 5) is 2.29. The molecular formula is C8H12BN. The van der Waals surface area contributed by atoms with Gasteiger partial charge in [-0.05, 0) is 0 Å². The zero-order valence-corrected chi connectivity index (χ0v) is 6.16. The predicted octanol–water partition coefficient (Wildman–Crippen LogP) is 1.30. The summed E-state index contributed by atoms with van der Waals surface area (Å²) >= 11 is 0. The Kier molecular flexibility index (Phi) is 2.52. The average Bonchev–Trinajstić information content (AvgIpc) is 2.36. The van der Waals surface area contributed by atoms with Crippen LogP contribution in [0.25, 0.3) is 0 Å². The van der Waals surface area contributed by atoms with Crippen molar-refractivity contribution in [2.24, 2.45) is 0 Å². The van der Waals surface area contributed by atoms with Crippen LogP contribution in [0.1, 0.15) is 0 Å². The highest BCUT2D eigenvalue weighted by molar-refractivity contribution is 6.67. The quantitative estimate of drug-likeness (QED) is 0.414. The monoisotopic (exact) mass is 133 g/mol. The van der Waals surface area contributed by atoms with Gasteiger partial charge in [0.2, 0.25) is 0 Å². The molecular weight excluding hydrogens is 121 g/mol. The average molecular weight is 133 g/mol. The van der Waals surface area contributed by atoms with Gasteiger partial charge in [-0.25, -0.2) is 0 Å². The maximum atomic E-state index is 3.75. The summed E-state index contributed by atoms with van der Waals surface area (Å²) in [5, 5.41) is 0. The fourth-order valence-electron chi connectivity index (χ4n) is 1.17. The first-order valence-corrected chi connectivity index (χ1v) is 3.52. The third-order valence-electron chi connectivity index (χ3n) is 1.70. The van der Waals surface area contributed by atoms with Crippen LogP contribution >= 0.6 is 0 Å². The van der Waals surface area contributed by atoms with Gasteiger partial charge in [0.15, 0.2) is 0 Å². The van der Waals surface area contributed by atoms with Crippen molar-refractivity contribution in [3.63, 3.8) is 0 Å². The third kappa shape index (κ3) is 1.39. The SMILES string of the molecule is C=CCN1CC=CB1C=C. The standard InChI is InChI=1S/C8H12BN/c1-3-7-10-8-5-6-9(10)4-2/h3-6H,1-2,7-8H2. The molecule has 0 saturated heterocycles. The second kappa shape index (κ2) is 3.42. The molecule has 52 valence electrons. The first-order valence-electron chi connectivity index (χ1n) is 3.52. The predicted molar refractivity (Wildman–Crippen MR) is 46.9 cm³/mol. The van der Waals surface area contributed by atoms with Gasteiger partial charge in [-0.15, -0.1) is 19.1 Å². The Morgan fingerprint density at radius 1 is 1.60 bits per heavy atom. The summed E-state index contributed by atoms with van der Waals surface area (Å²) in [6.45, 7) is 9.84. The summed E-state index contributed by atoms with van der Waals surface area (Å²) in [5.74, 6) is 4.11. The lowest BCUT2D eigenvalue weighted by atomic mass is 9.63. The molecule has 0 N–H and O–H groups in total. The summed E-state index contributed by atoms with van der Waals surface area (Å²) in [6.07, 6.45) is 4.08. The normalized spacial score (nSPS) is 17.8. The van der Waals surface area contributed by atoms with E-state index in [9.17, 15) is 0 Å². The molecule has 0 amide bonds. The Labute approximate surface area is 62.8 Å². The van der Waals surface area contributed by atoms with Crippen LogP contribution in [0.4, 0.5) is 0 Å². The van der Waals surface area contributed by atoms with Crippen LogP contribution in [-0.4, -0.2) is 24.7 Å². The van der Waals surface area contributed by atoms with Crippen LogP contribution in [0.2, 0.25) is 0 Å². The van der Waals surface area contributed by atoms with Gasteiger partial charge in [0.05, 0.1) is 0 Å². The minimum Gasteiger partial charge on any atom is -0.328 e. The van der Waals surface area contributed by atoms with Gasteiger partial charge in [0, 0.05) is 13.1 Å². The molecule has 1 aliphatic rings. The Bertz CT molecular complexity index is 163. The van der Waals surface area contributed by atoms with Crippen molar-refractivity contribution in [1.82, 2.24) is 4.81 Å². The number of hydrogen-bond donors (Lipinski definition) is 0. The maximum Gasteiger partial charge on any atom is 0.276 e. The van der Waals surface area contributed by atoms with E-state index in [4.69, 9.17) is 0 Å². The Morgan fingerprint density at radius 2 is 2.40 bits per heavy atom. The van der Waals surface area contributed by atoms with E-state index >= 15 is 0 Å². The molecule has 1 nitrogen and oxygen atoms in total. The lowest BCUT2D eigenvalue weighted by Crippen LogP contribution is -2.32.